The Morgan fingerprint density at radius 1 is 1.11 bits per heavy atom. The maximum Gasteiger partial charge on any atom is 0.223 e. The maximum atomic E-state index is 13.1. The van der Waals surface area contributed by atoms with Crippen molar-refractivity contribution in [3.05, 3.63) is 65.5 Å². The van der Waals surface area contributed by atoms with Crippen molar-refractivity contribution in [1.29, 1.82) is 0 Å². The Labute approximate surface area is 159 Å². The van der Waals surface area contributed by atoms with E-state index in [2.05, 4.69) is 22.3 Å². The Hall–Kier alpha value is -2.40. The molecule has 0 saturated carbocycles. The number of benzene rings is 2. The minimum absolute atomic E-state index is 0.0527. The average Bonchev–Trinajstić information content (AvgIpc) is 2.69. The van der Waals surface area contributed by atoms with Gasteiger partial charge >= 0.3 is 0 Å². The first-order valence-corrected chi connectivity index (χ1v) is 9.68. The van der Waals surface area contributed by atoms with Gasteiger partial charge in [0.2, 0.25) is 5.91 Å². The van der Waals surface area contributed by atoms with Crippen LogP contribution in [0.4, 0.5) is 10.1 Å². The summed E-state index contributed by atoms with van der Waals surface area (Å²) >= 11 is 0. The highest BCUT2D eigenvalue weighted by Gasteiger charge is 2.25. The molecule has 142 valence electrons. The van der Waals surface area contributed by atoms with Crippen LogP contribution in [-0.2, 0) is 16.0 Å². The Bertz CT molecular complexity index is 785. The number of ether oxygens (including phenoxy) is 1. The standard InChI is InChI=1S/C22H25FN2O2/c23-17-5-7-19(8-6-17)25-12-9-18(10-13-25)24-22(26)15-21-20-4-2-1-3-16(20)11-14-27-21/h1-8,18,21H,9-15H2,(H,24,26). The minimum atomic E-state index is -0.215. The molecule has 1 atom stereocenters. The van der Waals surface area contributed by atoms with Crippen molar-refractivity contribution >= 4 is 11.6 Å². The smallest absolute Gasteiger partial charge is 0.223 e. The minimum Gasteiger partial charge on any atom is -0.373 e. The van der Waals surface area contributed by atoms with Crippen molar-refractivity contribution in [3.8, 4) is 0 Å². The van der Waals surface area contributed by atoms with Gasteiger partial charge in [-0.1, -0.05) is 24.3 Å². The van der Waals surface area contributed by atoms with Crippen LogP contribution in [0, 0.1) is 5.82 Å². The molecule has 2 aromatic carbocycles. The number of rotatable bonds is 4. The van der Waals surface area contributed by atoms with E-state index < -0.39 is 0 Å². The summed E-state index contributed by atoms with van der Waals surface area (Å²) in [6.45, 7) is 2.39. The van der Waals surface area contributed by atoms with E-state index in [9.17, 15) is 9.18 Å². The van der Waals surface area contributed by atoms with Gasteiger partial charge in [0.25, 0.3) is 0 Å². The number of carbonyl (C=O) groups is 1. The lowest BCUT2D eigenvalue weighted by molar-refractivity contribution is -0.125. The molecule has 4 rings (SSSR count). The highest BCUT2D eigenvalue weighted by molar-refractivity contribution is 5.77. The summed E-state index contributed by atoms with van der Waals surface area (Å²) in [4.78, 5) is 14.8. The monoisotopic (exact) mass is 368 g/mol. The SMILES string of the molecule is O=C(CC1OCCc2ccccc21)NC1CCN(c2ccc(F)cc2)CC1. The number of anilines is 1. The van der Waals surface area contributed by atoms with Gasteiger partial charge in [0.1, 0.15) is 5.82 Å². The van der Waals surface area contributed by atoms with Gasteiger partial charge < -0.3 is 15.0 Å². The molecule has 0 aromatic heterocycles. The lowest BCUT2D eigenvalue weighted by Crippen LogP contribution is -2.45. The number of nitrogens with one attached hydrogen (secondary N) is 1. The van der Waals surface area contributed by atoms with E-state index in [-0.39, 0.29) is 23.9 Å². The van der Waals surface area contributed by atoms with Crippen LogP contribution in [0.3, 0.4) is 0 Å². The molecule has 2 heterocycles. The van der Waals surface area contributed by atoms with Crippen molar-refractivity contribution in [2.45, 2.75) is 37.8 Å². The largest absolute Gasteiger partial charge is 0.373 e. The van der Waals surface area contributed by atoms with E-state index in [0.29, 0.717) is 13.0 Å². The first-order chi connectivity index (χ1) is 13.2. The molecule has 2 aliphatic heterocycles. The zero-order valence-electron chi connectivity index (χ0n) is 15.4. The van der Waals surface area contributed by atoms with Crippen LogP contribution in [0.25, 0.3) is 0 Å². The third-order valence-corrected chi connectivity index (χ3v) is 5.52. The van der Waals surface area contributed by atoms with Crippen LogP contribution in [-0.4, -0.2) is 31.6 Å². The van der Waals surface area contributed by atoms with Crippen LogP contribution in [0.15, 0.2) is 48.5 Å². The predicted octanol–water partition coefficient (Wildman–Crippen LogP) is 3.61. The fraction of sp³-hybridized carbons (Fsp3) is 0.409. The molecule has 2 aromatic rings. The summed E-state index contributed by atoms with van der Waals surface area (Å²) in [6.07, 6.45) is 2.93. The zero-order valence-corrected chi connectivity index (χ0v) is 15.4. The lowest BCUT2D eigenvalue weighted by atomic mass is 9.95. The predicted molar refractivity (Wildman–Crippen MR) is 103 cm³/mol. The summed E-state index contributed by atoms with van der Waals surface area (Å²) in [5.41, 5.74) is 3.47. The molecule has 4 nitrogen and oxygen atoms in total. The molecule has 2 aliphatic rings. The number of hydrogen-bond donors (Lipinski definition) is 1. The topological polar surface area (TPSA) is 41.6 Å². The molecule has 1 fully saturated rings. The molecule has 0 radical (unpaired) electrons. The molecule has 1 saturated heterocycles. The number of nitrogens with zero attached hydrogens (tertiary/aromatic N) is 1. The summed E-state index contributed by atoms with van der Waals surface area (Å²) in [6, 6.07) is 15.0. The van der Waals surface area contributed by atoms with Crippen LogP contribution >= 0.6 is 0 Å². The molecule has 1 unspecified atom stereocenters. The van der Waals surface area contributed by atoms with Crippen LogP contribution < -0.4 is 10.2 Å². The molecular formula is C22H25FN2O2. The average molecular weight is 368 g/mol. The van der Waals surface area contributed by atoms with Gasteiger partial charge in [-0.3, -0.25) is 4.79 Å². The fourth-order valence-corrected chi connectivity index (χ4v) is 4.03. The van der Waals surface area contributed by atoms with Gasteiger partial charge in [-0.25, -0.2) is 4.39 Å². The quantitative estimate of drug-likeness (QED) is 0.896. The van der Waals surface area contributed by atoms with E-state index in [4.69, 9.17) is 4.74 Å². The second kappa shape index (κ2) is 8.09. The zero-order chi connectivity index (χ0) is 18.6. The lowest BCUT2D eigenvalue weighted by Gasteiger charge is -2.34. The second-order valence-electron chi connectivity index (χ2n) is 7.32. The molecule has 1 N–H and O–H groups in total. The summed E-state index contributed by atoms with van der Waals surface area (Å²) in [7, 11) is 0. The number of piperidine rings is 1. The maximum absolute atomic E-state index is 13.1. The number of halogens is 1. The molecule has 0 bridgehead atoms. The van der Waals surface area contributed by atoms with Crippen molar-refractivity contribution in [1.82, 2.24) is 5.32 Å². The van der Waals surface area contributed by atoms with Crippen molar-refractivity contribution < 1.29 is 13.9 Å². The fourth-order valence-electron chi connectivity index (χ4n) is 4.03. The third kappa shape index (κ3) is 4.30. The number of amides is 1. The summed E-state index contributed by atoms with van der Waals surface area (Å²) in [5.74, 6) is -0.163. The van der Waals surface area contributed by atoms with Gasteiger partial charge in [-0.2, -0.15) is 0 Å². The van der Waals surface area contributed by atoms with E-state index in [0.717, 1.165) is 43.6 Å². The van der Waals surface area contributed by atoms with Gasteiger partial charge in [0.15, 0.2) is 0 Å². The van der Waals surface area contributed by atoms with Crippen molar-refractivity contribution in [2.75, 3.05) is 24.6 Å². The first-order valence-electron chi connectivity index (χ1n) is 9.68. The molecule has 5 heteroatoms. The highest BCUT2D eigenvalue weighted by Crippen LogP contribution is 2.29. The summed E-state index contributed by atoms with van der Waals surface area (Å²) in [5, 5.41) is 3.17. The highest BCUT2D eigenvalue weighted by atomic mass is 19.1. The third-order valence-electron chi connectivity index (χ3n) is 5.52. The molecule has 0 spiro atoms. The van der Waals surface area contributed by atoms with Gasteiger partial charge in [-0.05, 0) is 54.7 Å². The second-order valence-corrected chi connectivity index (χ2v) is 7.32. The van der Waals surface area contributed by atoms with Crippen LogP contribution in [0.2, 0.25) is 0 Å². The van der Waals surface area contributed by atoms with E-state index in [1.807, 2.05) is 24.3 Å². The Morgan fingerprint density at radius 3 is 2.63 bits per heavy atom. The van der Waals surface area contributed by atoms with Crippen molar-refractivity contribution in [2.24, 2.45) is 0 Å². The number of carbonyl (C=O) groups excluding carboxylic acids is 1. The van der Waals surface area contributed by atoms with Gasteiger partial charge in [-0.15, -0.1) is 0 Å². The normalized spacial score (nSPS) is 20.2. The Balaban J connectivity index is 1.28. The number of hydrogen-bond acceptors (Lipinski definition) is 3. The molecule has 27 heavy (non-hydrogen) atoms. The first kappa shape index (κ1) is 18.0. The van der Waals surface area contributed by atoms with Crippen molar-refractivity contribution in [3.63, 3.8) is 0 Å². The Morgan fingerprint density at radius 2 is 1.85 bits per heavy atom. The van der Waals surface area contributed by atoms with Crippen LogP contribution in [0.1, 0.15) is 36.5 Å². The number of fused-ring (bicyclic) bond motifs is 1. The van der Waals surface area contributed by atoms with Gasteiger partial charge in [0, 0.05) is 24.8 Å². The van der Waals surface area contributed by atoms with Crippen LogP contribution in [0.5, 0.6) is 0 Å². The molecular weight excluding hydrogens is 343 g/mol. The van der Waals surface area contributed by atoms with Gasteiger partial charge in [0.05, 0.1) is 19.1 Å². The van der Waals surface area contributed by atoms with E-state index >= 15 is 0 Å². The summed E-state index contributed by atoms with van der Waals surface area (Å²) < 4.78 is 18.9. The Kier molecular flexibility index (Phi) is 5.39. The van der Waals surface area contributed by atoms with E-state index in [1.54, 1.807) is 0 Å². The molecule has 1 amide bonds. The van der Waals surface area contributed by atoms with E-state index in [1.165, 1.54) is 17.7 Å². The molecule has 0 aliphatic carbocycles.